The normalized spacial score (nSPS) is 18.3. The molecular formula is C27H35N9O9S2. The van der Waals surface area contributed by atoms with Crippen LogP contribution < -0.4 is 25.6 Å². The number of thioether (sulfide) groups is 1. The molecule has 4 rings (SSSR count). The molecule has 0 bridgehead atoms. The number of amides is 2. The summed E-state index contributed by atoms with van der Waals surface area (Å²) in [6.07, 6.45) is 5.12. The number of aliphatic hydroxyl groups excluding tert-OH is 2. The highest BCUT2D eigenvalue weighted by Gasteiger charge is 2.53. The number of aliphatic carboxylic acids is 2. The molecule has 47 heavy (non-hydrogen) atoms. The molecule has 0 spiro atoms. The van der Waals surface area contributed by atoms with Crippen molar-refractivity contribution in [2.45, 2.75) is 56.7 Å². The van der Waals surface area contributed by atoms with Gasteiger partial charge >= 0.3 is 5.97 Å². The molecule has 1 fully saturated rings. The quantitative estimate of drug-likeness (QED) is 0.0466. The van der Waals surface area contributed by atoms with Crippen LogP contribution in [0.15, 0.2) is 35.0 Å². The summed E-state index contributed by atoms with van der Waals surface area (Å²) in [7, 11) is 0. The van der Waals surface area contributed by atoms with Crippen LogP contribution in [0.3, 0.4) is 0 Å². The number of nitrogens with one attached hydrogen (secondary N) is 1. The Morgan fingerprint density at radius 1 is 1.30 bits per heavy atom. The minimum Gasteiger partial charge on any atom is -0.543 e. The Bertz CT molecular complexity index is 1530. The number of carbonyl (C=O) groups excluding carboxylic acids is 3. The van der Waals surface area contributed by atoms with Crippen LogP contribution in [0, 0.1) is 0 Å². The Labute approximate surface area is 277 Å². The van der Waals surface area contributed by atoms with Gasteiger partial charge in [-0.3, -0.25) is 14.5 Å². The van der Waals surface area contributed by atoms with Gasteiger partial charge in [-0.1, -0.05) is 18.5 Å². The summed E-state index contributed by atoms with van der Waals surface area (Å²) in [5.74, 6) is -3.97. The highest BCUT2D eigenvalue weighted by Crippen LogP contribution is 2.40. The van der Waals surface area contributed by atoms with Crippen LogP contribution in [0.4, 0.5) is 10.9 Å². The first-order valence-electron chi connectivity index (χ1n) is 14.7. The molecular weight excluding hydrogens is 658 g/mol. The molecule has 1 saturated heterocycles. The molecule has 254 valence electrons. The molecule has 6 N–H and O–H groups in total. The molecule has 0 saturated carbocycles. The van der Waals surface area contributed by atoms with Crippen molar-refractivity contribution in [1.29, 1.82) is 0 Å². The number of oxime groups is 1. The first-order valence-corrected chi connectivity index (χ1v) is 16.5. The Hall–Kier alpha value is -4.40. The van der Waals surface area contributed by atoms with Crippen molar-refractivity contribution in [2.75, 3.05) is 42.7 Å². The molecule has 3 atom stereocenters. The number of carboxylic acid groups (broad SMARTS) is 2. The fourth-order valence-electron chi connectivity index (χ4n) is 4.88. The predicted octanol–water partition coefficient (Wildman–Crippen LogP) is -2.55. The number of hydrogen-bond acceptors (Lipinski definition) is 16. The highest BCUT2D eigenvalue weighted by atomic mass is 32.2. The van der Waals surface area contributed by atoms with Crippen molar-refractivity contribution in [3.8, 4) is 0 Å². The molecule has 0 aliphatic carbocycles. The molecule has 2 amide bonds. The maximum atomic E-state index is 13.3. The lowest BCUT2D eigenvalue weighted by Crippen LogP contribution is -2.71. The smallest absolute Gasteiger partial charge is 0.347 e. The summed E-state index contributed by atoms with van der Waals surface area (Å²) < 4.78 is 5.67. The number of nitrogens with zero attached hydrogens (tertiary/aromatic N) is 7. The fraction of sp³-hybridized carbons (Fsp3) is 0.519. The van der Waals surface area contributed by atoms with E-state index in [0.717, 1.165) is 16.4 Å². The first kappa shape index (κ1) is 35.5. The third-order valence-corrected chi connectivity index (χ3v) is 8.99. The van der Waals surface area contributed by atoms with Gasteiger partial charge in [0.2, 0.25) is 23.8 Å². The number of rotatable bonds is 18. The standard InChI is InChI=1S/C27H35N9O9S2/c1-2-5-16(25(41)42)45-32-18(21-31-27(28)47-33-21)22(39)30-19-23(40)36-20(26(43)44)15(14-46-24(19)36)12-34-9-6-29-17(13-34)35(7-3-10-37)8-4-11-38/h6,9,13,16,19,24,37-38H,2-5,7-8,10-12,14H2,1H3,(H4-,28,30,31,33,39,41,42,43,44)/b32-18+/t16?,19?,24-/m1/s1. The zero-order valence-electron chi connectivity index (χ0n) is 25.4. The summed E-state index contributed by atoms with van der Waals surface area (Å²) >= 11 is 2.01. The molecule has 2 unspecified atom stereocenters. The zero-order valence-corrected chi connectivity index (χ0v) is 27.0. The second-order valence-corrected chi connectivity index (χ2v) is 12.3. The van der Waals surface area contributed by atoms with E-state index in [9.17, 15) is 39.6 Å². The van der Waals surface area contributed by atoms with Crippen molar-refractivity contribution < 1.29 is 49.0 Å². The summed E-state index contributed by atoms with van der Waals surface area (Å²) in [5, 5.41) is 45.7. The summed E-state index contributed by atoms with van der Waals surface area (Å²) in [5.41, 5.74) is 5.25. The maximum Gasteiger partial charge on any atom is 0.347 e. The number of hydrogen-bond donors (Lipinski definition) is 5. The first-order chi connectivity index (χ1) is 22.6. The van der Waals surface area contributed by atoms with Crippen LogP contribution >= 0.6 is 23.3 Å². The van der Waals surface area contributed by atoms with Crippen LogP contribution in [0.1, 0.15) is 38.4 Å². The monoisotopic (exact) mass is 693 g/mol. The lowest BCUT2D eigenvalue weighted by Gasteiger charge is -2.50. The van der Waals surface area contributed by atoms with Gasteiger partial charge in [0, 0.05) is 49.2 Å². The largest absolute Gasteiger partial charge is 0.543 e. The van der Waals surface area contributed by atoms with Crippen LogP contribution in [0.25, 0.3) is 0 Å². The van der Waals surface area contributed by atoms with Crippen molar-refractivity contribution in [3.05, 3.63) is 35.7 Å². The van der Waals surface area contributed by atoms with E-state index in [1.54, 1.807) is 30.1 Å². The molecule has 2 aromatic rings. The molecule has 20 heteroatoms. The summed E-state index contributed by atoms with van der Waals surface area (Å²) in [6, 6.07) is -1.15. The average molecular weight is 694 g/mol. The SMILES string of the molecule is CCCC(O/N=C(/C(=O)NC1C(=O)N2C(C(=O)[O-])=C(C[n+]3ccnc(N(CCCO)CCCO)c3)CS[C@H]12)c1nsc(N)n1)C(=O)O. The van der Waals surface area contributed by atoms with Crippen molar-refractivity contribution in [3.63, 3.8) is 0 Å². The molecule has 0 aromatic carbocycles. The lowest BCUT2D eigenvalue weighted by molar-refractivity contribution is -0.688. The number of anilines is 2. The Morgan fingerprint density at radius 2 is 2.02 bits per heavy atom. The van der Waals surface area contributed by atoms with Crippen LogP contribution in [-0.4, -0.2) is 114 Å². The Balaban J connectivity index is 1.52. The number of nitrogen functional groups attached to an aromatic ring is 1. The van der Waals surface area contributed by atoms with Crippen molar-refractivity contribution in [2.24, 2.45) is 5.16 Å². The number of carbonyl (C=O) groups is 4. The van der Waals surface area contributed by atoms with Crippen LogP contribution in [-0.2, 0) is 30.6 Å². The average Bonchev–Trinajstić information content (AvgIpc) is 3.48. The van der Waals surface area contributed by atoms with Crippen molar-refractivity contribution in [1.82, 2.24) is 24.6 Å². The van der Waals surface area contributed by atoms with Crippen LogP contribution in [0.5, 0.6) is 0 Å². The summed E-state index contributed by atoms with van der Waals surface area (Å²) in [4.78, 5) is 66.9. The van der Waals surface area contributed by atoms with Gasteiger partial charge in [0.15, 0.2) is 23.7 Å². The Kier molecular flexibility index (Phi) is 12.4. The fourth-order valence-corrected chi connectivity index (χ4v) is 6.65. The predicted molar refractivity (Wildman–Crippen MR) is 165 cm³/mol. The molecule has 2 aromatic heterocycles. The number of carboxylic acids is 2. The lowest BCUT2D eigenvalue weighted by atomic mass is 10.0. The van der Waals surface area contributed by atoms with Gasteiger partial charge in [0.05, 0.1) is 17.9 Å². The van der Waals surface area contributed by atoms with E-state index >= 15 is 0 Å². The molecule has 0 radical (unpaired) electrons. The van der Waals surface area contributed by atoms with Gasteiger partial charge in [-0.05, 0) is 19.3 Å². The van der Waals surface area contributed by atoms with E-state index in [0.29, 0.717) is 43.7 Å². The maximum absolute atomic E-state index is 13.3. The van der Waals surface area contributed by atoms with Gasteiger partial charge in [-0.25, -0.2) is 9.78 Å². The second-order valence-electron chi connectivity index (χ2n) is 10.4. The highest BCUT2D eigenvalue weighted by molar-refractivity contribution is 8.00. The van der Waals surface area contributed by atoms with E-state index in [2.05, 4.69) is 24.8 Å². The third kappa shape index (κ3) is 8.50. The van der Waals surface area contributed by atoms with E-state index in [1.807, 2.05) is 4.90 Å². The Morgan fingerprint density at radius 3 is 2.62 bits per heavy atom. The van der Waals surface area contributed by atoms with Gasteiger partial charge in [0.1, 0.15) is 11.4 Å². The van der Waals surface area contributed by atoms with Gasteiger partial charge in [0.25, 0.3) is 11.8 Å². The number of fused-ring (bicyclic) bond motifs is 1. The minimum atomic E-state index is -1.56. The molecule has 2 aliphatic rings. The number of aliphatic hydroxyl groups is 2. The topological polar surface area (TPSA) is 261 Å². The zero-order chi connectivity index (χ0) is 34.1. The number of nitrogens with two attached hydrogens (primary N) is 1. The van der Waals surface area contributed by atoms with E-state index in [-0.39, 0.29) is 48.6 Å². The number of aromatic nitrogens is 4. The molecule has 4 heterocycles. The van der Waals surface area contributed by atoms with E-state index in [1.165, 1.54) is 11.8 Å². The number of β-lactam (4-membered cyclic amide) rings is 1. The molecule has 18 nitrogen and oxygen atoms in total. The third-order valence-electron chi connectivity index (χ3n) is 7.11. The summed E-state index contributed by atoms with van der Waals surface area (Å²) in [6.45, 7) is 2.81. The van der Waals surface area contributed by atoms with E-state index < -0.39 is 47.0 Å². The van der Waals surface area contributed by atoms with Gasteiger partial charge in [-0.2, -0.15) is 13.9 Å². The van der Waals surface area contributed by atoms with Crippen LogP contribution in [0.2, 0.25) is 0 Å². The van der Waals surface area contributed by atoms with E-state index in [4.69, 9.17) is 10.6 Å². The van der Waals surface area contributed by atoms with Crippen molar-refractivity contribution >= 4 is 63.7 Å². The van der Waals surface area contributed by atoms with Gasteiger partial charge in [-0.15, -0.1) is 11.8 Å². The second kappa shape index (κ2) is 16.4. The van der Waals surface area contributed by atoms with Gasteiger partial charge < -0.3 is 46.0 Å². The minimum absolute atomic E-state index is 0.0102. The molecule has 2 aliphatic heterocycles.